The van der Waals surface area contributed by atoms with Crippen LogP contribution in [0.4, 0.5) is 18.9 Å². The molecular formula is C23H18F3NO3. The third-order valence-corrected chi connectivity index (χ3v) is 4.67. The summed E-state index contributed by atoms with van der Waals surface area (Å²) in [5.41, 5.74) is 1.66. The third kappa shape index (κ3) is 3.94. The van der Waals surface area contributed by atoms with Crippen LogP contribution in [0.2, 0.25) is 0 Å². The van der Waals surface area contributed by atoms with E-state index in [1.807, 2.05) is 6.07 Å². The highest BCUT2D eigenvalue weighted by Gasteiger charge is 2.32. The van der Waals surface area contributed by atoms with Crippen molar-refractivity contribution in [1.29, 1.82) is 0 Å². The van der Waals surface area contributed by atoms with E-state index < -0.39 is 18.0 Å². The summed E-state index contributed by atoms with van der Waals surface area (Å²) in [6, 6.07) is 17.2. The molecule has 7 heteroatoms. The molecule has 0 saturated heterocycles. The van der Waals surface area contributed by atoms with Gasteiger partial charge in [0.05, 0.1) is 11.3 Å². The highest BCUT2D eigenvalue weighted by molar-refractivity contribution is 6.16. The molecule has 154 valence electrons. The van der Waals surface area contributed by atoms with Gasteiger partial charge in [-0.1, -0.05) is 36.4 Å². The van der Waals surface area contributed by atoms with Crippen LogP contribution in [0.3, 0.4) is 0 Å². The Balaban J connectivity index is 1.83. The van der Waals surface area contributed by atoms with Crippen molar-refractivity contribution in [3.05, 3.63) is 89.0 Å². The van der Waals surface area contributed by atoms with Crippen LogP contribution < -0.4 is 4.74 Å². The van der Waals surface area contributed by atoms with Crippen LogP contribution in [0.25, 0.3) is 0 Å². The van der Waals surface area contributed by atoms with Gasteiger partial charge < -0.3 is 14.6 Å². The molecule has 0 radical (unpaired) electrons. The predicted octanol–water partition coefficient (Wildman–Crippen LogP) is 6.01. The first-order valence-corrected chi connectivity index (χ1v) is 9.34. The van der Waals surface area contributed by atoms with Gasteiger partial charge in [0.1, 0.15) is 11.4 Å². The number of rotatable bonds is 4. The number of benzene rings is 3. The first-order chi connectivity index (χ1) is 14.4. The third-order valence-electron chi connectivity index (χ3n) is 4.67. The summed E-state index contributed by atoms with van der Waals surface area (Å²) in [5, 5.41) is 9.98. The van der Waals surface area contributed by atoms with Gasteiger partial charge in [0.15, 0.2) is 12.0 Å². The van der Waals surface area contributed by atoms with Crippen LogP contribution in [-0.2, 0) is 10.9 Å². The minimum absolute atomic E-state index is 0.0921. The van der Waals surface area contributed by atoms with Gasteiger partial charge in [-0.15, -0.1) is 0 Å². The van der Waals surface area contributed by atoms with E-state index in [9.17, 15) is 18.3 Å². The number of nitrogens with zero attached hydrogens (tertiary/aromatic N) is 1. The zero-order valence-electron chi connectivity index (χ0n) is 16.0. The fraction of sp³-hybridized carbons (Fsp3) is 0.174. The topological polar surface area (TPSA) is 51.0 Å². The second-order valence-electron chi connectivity index (χ2n) is 6.67. The van der Waals surface area contributed by atoms with Gasteiger partial charge in [0.2, 0.25) is 0 Å². The Kier molecular flexibility index (Phi) is 5.32. The Morgan fingerprint density at radius 1 is 1.00 bits per heavy atom. The van der Waals surface area contributed by atoms with Crippen LogP contribution in [0.5, 0.6) is 11.5 Å². The Labute approximate surface area is 171 Å². The summed E-state index contributed by atoms with van der Waals surface area (Å²) in [7, 11) is 0. The van der Waals surface area contributed by atoms with Gasteiger partial charge >= 0.3 is 6.18 Å². The lowest BCUT2D eigenvalue weighted by molar-refractivity contribution is -0.137. The van der Waals surface area contributed by atoms with Crippen molar-refractivity contribution >= 4 is 11.4 Å². The van der Waals surface area contributed by atoms with Crippen LogP contribution >= 0.6 is 0 Å². The van der Waals surface area contributed by atoms with Crippen molar-refractivity contribution < 1.29 is 27.8 Å². The zero-order chi connectivity index (χ0) is 21.3. The molecule has 3 aromatic carbocycles. The molecule has 30 heavy (non-hydrogen) atoms. The van der Waals surface area contributed by atoms with Crippen molar-refractivity contribution in [1.82, 2.24) is 0 Å². The Bertz CT molecular complexity index is 1090. The van der Waals surface area contributed by atoms with E-state index in [-0.39, 0.29) is 11.4 Å². The van der Waals surface area contributed by atoms with Crippen LogP contribution in [0.1, 0.15) is 35.5 Å². The number of hydrogen-bond acceptors (Lipinski definition) is 4. The number of para-hydroxylation sites is 1. The molecule has 1 aliphatic rings. The Hall–Kier alpha value is -3.16. The second-order valence-corrected chi connectivity index (χ2v) is 6.67. The van der Waals surface area contributed by atoms with Gasteiger partial charge in [-0.3, -0.25) is 0 Å². The van der Waals surface area contributed by atoms with Crippen molar-refractivity contribution in [3.8, 4) is 11.5 Å². The molecule has 0 bridgehead atoms. The Morgan fingerprint density at radius 3 is 2.43 bits per heavy atom. The molecule has 0 saturated carbocycles. The van der Waals surface area contributed by atoms with Gasteiger partial charge in [0, 0.05) is 23.3 Å². The first-order valence-electron chi connectivity index (χ1n) is 9.34. The summed E-state index contributed by atoms with van der Waals surface area (Å²) >= 11 is 0. The molecule has 1 unspecified atom stereocenters. The molecule has 1 aliphatic heterocycles. The fourth-order valence-corrected chi connectivity index (χ4v) is 3.20. The average molecular weight is 413 g/mol. The van der Waals surface area contributed by atoms with Gasteiger partial charge in [0.25, 0.3) is 0 Å². The predicted molar refractivity (Wildman–Crippen MR) is 106 cm³/mol. The molecule has 0 spiro atoms. The Morgan fingerprint density at radius 2 is 1.73 bits per heavy atom. The van der Waals surface area contributed by atoms with Crippen molar-refractivity contribution in [2.75, 3.05) is 6.61 Å². The largest absolute Gasteiger partial charge is 0.454 e. The maximum atomic E-state index is 13.2. The highest BCUT2D eigenvalue weighted by Crippen LogP contribution is 2.42. The number of fused-ring (bicyclic) bond motifs is 2. The van der Waals surface area contributed by atoms with E-state index in [0.29, 0.717) is 34.8 Å². The zero-order valence-corrected chi connectivity index (χ0v) is 16.0. The standard InChI is InChI=1S/C23H18F3NO3/c1-2-29-22(28)15-9-7-14(8-10-15)21-17-5-3-4-6-19(17)30-20-12-11-16(23(24,25)26)13-18(20)27-21/h3-13,22,28H,2H2,1H3. The summed E-state index contributed by atoms with van der Waals surface area (Å²) in [4.78, 5) is 4.53. The van der Waals surface area contributed by atoms with Gasteiger partial charge in [-0.05, 0) is 37.3 Å². The van der Waals surface area contributed by atoms with Crippen LogP contribution in [-0.4, -0.2) is 17.4 Å². The number of aliphatic imine (C=N–C) groups is 1. The van der Waals surface area contributed by atoms with Crippen LogP contribution in [0, 0.1) is 0 Å². The molecule has 0 amide bonds. The number of hydrogen-bond donors (Lipinski definition) is 1. The molecule has 1 heterocycles. The quantitative estimate of drug-likeness (QED) is 0.417. The maximum Gasteiger partial charge on any atom is 0.416 e. The number of halogens is 3. The highest BCUT2D eigenvalue weighted by atomic mass is 19.4. The number of ether oxygens (including phenoxy) is 2. The lowest BCUT2D eigenvalue weighted by Crippen LogP contribution is -2.06. The minimum Gasteiger partial charge on any atom is -0.454 e. The average Bonchev–Trinajstić information content (AvgIpc) is 2.89. The molecule has 3 aromatic rings. The van der Waals surface area contributed by atoms with Crippen molar-refractivity contribution in [3.63, 3.8) is 0 Å². The molecular weight excluding hydrogens is 395 g/mol. The lowest BCUT2D eigenvalue weighted by Gasteiger charge is -2.13. The summed E-state index contributed by atoms with van der Waals surface area (Å²) < 4.78 is 50.7. The molecule has 4 nitrogen and oxygen atoms in total. The van der Waals surface area contributed by atoms with Gasteiger partial charge in [-0.2, -0.15) is 13.2 Å². The molecule has 4 rings (SSSR count). The monoisotopic (exact) mass is 413 g/mol. The van der Waals surface area contributed by atoms with E-state index in [1.165, 1.54) is 6.07 Å². The SMILES string of the molecule is CCOC(O)c1ccc(C2=Nc3cc(C(F)(F)F)ccc3Oc3ccccc32)cc1. The smallest absolute Gasteiger partial charge is 0.416 e. The maximum absolute atomic E-state index is 13.2. The second kappa shape index (κ2) is 7.93. The van der Waals surface area contributed by atoms with Gasteiger partial charge in [-0.25, -0.2) is 4.99 Å². The van der Waals surface area contributed by atoms with Crippen molar-refractivity contribution in [2.24, 2.45) is 4.99 Å². The molecule has 1 atom stereocenters. The van der Waals surface area contributed by atoms with E-state index >= 15 is 0 Å². The molecule has 0 aliphatic carbocycles. The minimum atomic E-state index is -4.49. The number of alkyl halides is 3. The molecule has 1 N–H and O–H groups in total. The van der Waals surface area contributed by atoms with Crippen LogP contribution in [0.15, 0.2) is 71.7 Å². The van der Waals surface area contributed by atoms with E-state index in [0.717, 1.165) is 12.1 Å². The first kappa shape index (κ1) is 20.1. The molecule has 0 aromatic heterocycles. The van der Waals surface area contributed by atoms with Crippen molar-refractivity contribution in [2.45, 2.75) is 19.4 Å². The molecule has 0 fully saturated rings. The fourth-order valence-electron chi connectivity index (χ4n) is 3.20. The number of aliphatic hydroxyl groups excluding tert-OH is 1. The normalized spacial score (nSPS) is 14.1. The van der Waals surface area contributed by atoms with E-state index in [2.05, 4.69) is 4.99 Å². The van der Waals surface area contributed by atoms with E-state index in [4.69, 9.17) is 9.47 Å². The lowest BCUT2D eigenvalue weighted by atomic mass is 10.00. The number of aliphatic hydroxyl groups is 1. The summed E-state index contributed by atoms with van der Waals surface area (Å²) in [6.07, 6.45) is -5.54. The summed E-state index contributed by atoms with van der Waals surface area (Å²) in [5.74, 6) is 0.738. The van der Waals surface area contributed by atoms with E-state index in [1.54, 1.807) is 49.4 Å². The summed E-state index contributed by atoms with van der Waals surface area (Å²) in [6.45, 7) is 2.14.